The summed E-state index contributed by atoms with van der Waals surface area (Å²) in [5.41, 5.74) is 30.2. The van der Waals surface area contributed by atoms with E-state index in [9.17, 15) is 9.90 Å². The Morgan fingerprint density at radius 3 is 1.28 bits per heavy atom. The minimum Gasteiger partial charge on any atom is -0.512 e. The normalized spacial score (nSPS) is 11.4. The van der Waals surface area contributed by atoms with Crippen molar-refractivity contribution in [2.45, 2.75) is 96.3 Å². The van der Waals surface area contributed by atoms with Crippen LogP contribution in [0.4, 0.5) is 0 Å². The number of furan rings is 1. The Labute approximate surface area is 919 Å². The summed E-state index contributed by atoms with van der Waals surface area (Å²) in [7, 11) is 0. The van der Waals surface area contributed by atoms with Crippen molar-refractivity contribution in [3.05, 3.63) is 519 Å². The van der Waals surface area contributed by atoms with Crippen LogP contribution in [0.5, 0.6) is 0 Å². The number of pyridine rings is 6. The summed E-state index contributed by atoms with van der Waals surface area (Å²) in [5, 5.41) is 13.0. The van der Waals surface area contributed by atoms with Gasteiger partial charge in [-0.1, -0.05) is 286 Å². The zero-order chi connectivity index (χ0) is 104. The summed E-state index contributed by atoms with van der Waals surface area (Å²) in [6.07, 6.45) is 10.6. The average molecular weight is 2610 g/mol. The molecule has 7 aromatic heterocycles. The zero-order valence-electron chi connectivity index (χ0n) is 88.6. The summed E-state index contributed by atoms with van der Waals surface area (Å²) in [5.74, 6) is 0.689. The first kappa shape index (κ1) is 104. The van der Waals surface area contributed by atoms with Gasteiger partial charge in [-0.3, -0.25) is 9.78 Å². The van der Waals surface area contributed by atoms with Crippen LogP contribution >= 0.6 is 0 Å². The van der Waals surface area contributed by atoms with E-state index in [1.807, 2.05) is 278 Å². The van der Waals surface area contributed by atoms with Gasteiger partial charge in [0.1, 0.15) is 11.3 Å². The number of fused-ring (bicyclic) bond motifs is 4. The molecule has 0 saturated heterocycles. The molecule has 0 bridgehead atoms. The predicted octanol–water partition coefficient (Wildman–Crippen LogP) is 33.8. The number of nitrogens with zero attached hydrogens (tertiary/aromatic N) is 6. The van der Waals surface area contributed by atoms with Crippen LogP contribution in [0.25, 0.3) is 156 Å². The number of para-hydroxylation sites is 1. The van der Waals surface area contributed by atoms with Gasteiger partial charge in [0.15, 0.2) is 5.78 Å². The Kier molecular flexibility index (Phi) is 40.2. The number of rotatable bonds is 14. The number of aliphatic hydroxyl groups excluding tert-OH is 1. The second-order valence-electron chi connectivity index (χ2n) is 36.1. The second-order valence-corrected chi connectivity index (χ2v) is 36.1. The molecule has 0 aliphatic carbocycles. The molecule has 21 rings (SSSR count). The number of allylic oxidation sites excluding steroid dienone is 2. The topological polar surface area (TPSA) is 128 Å². The molecule has 145 heavy (non-hydrogen) atoms. The van der Waals surface area contributed by atoms with E-state index in [1.54, 1.807) is 42.7 Å². The van der Waals surface area contributed by atoms with Crippen LogP contribution in [0, 0.1) is 99.8 Å². The molecule has 0 amide bonds. The van der Waals surface area contributed by atoms with E-state index in [0.717, 1.165) is 129 Å². The van der Waals surface area contributed by atoms with Gasteiger partial charge in [0.05, 0.1) is 11.1 Å². The van der Waals surface area contributed by atoms with Crippen molar-refractivity contribution in [1.82, 2.24) is 29.9 Å². The largest absolute Gasteiger partial charge is 3.00 e. The van der Waals surface area contributed by atoms with Gasteiger partial charge in [0, 0.05) is 127 Å². The van der Waals surface area contributed by atoms with Crippen LogP contribution in [0.2, 0.25) is 0 Å². The Morgan fingerprint density at radius 2 is 0.793 bits per heavy atom. The van der Waals surface area contributed by atoms with Gasteiger partial charge in [-0.25, -0.2) is 11.1 Å². The van der Waals surface area contributed by atoms with Crippen molar-refractivity contribution >= 4 is 38.6 Å². The molecule has 3 radical (unpaired) electrons. The molecule has 0 atom stereocenters. The Morgan fingerprint density at radius 1 is 0.352 bits per heavy atom. The third-order valence-electron chi connectivity index (χ3n) is 22.5. The number of carbonyl (C=O) groups is 1. The maximum atomic E-state index is 11.5. The molecule has 0 fully saturated rings. The maximum Gasteiger partial charge on any atom is 3.00 e. The SMILES string of the molecule is CC(C)(C)C(=O)C=C(O)C(C)(C)C.Cc1[c-]c(-c2cc(CC(C)C)c3cc(-c4ccccc4)ccc3n2)cc(C)c1.Cc1ccc(-c2cc[c-]c(-c3[c-]cccc3)c2)cc1.[2H]C([2H])([2H])c1ccc(-c2[c-]ccc(-c3ccccc3)c2)nc1.[2H]C([2H])([2H])c1ccc(-c2[c-]cccc2)nc1.[Ir+3].[Ir].[Ir].[Ir].[c-]1ccc2c(oc3ccccc32)c1-c1cc(-c2ccccc2)ccn1.[c-]1ccccc1-c1ccccn1.[c-]1ccccc1-c1ccccn1. The van der Waals surface area contributed by atoms with Crippen molar-refractivity contribution in [2.75, 3.05) is 0 Å². The Bertz CT molecular complexity index is 7660. The summed E-state index contributed by atoms with van der Waals surface area (Å²) in [4.78, 5) is 37.9. The Balaban J connectivity index is 0.000000179. The second kappa shape index (κ2) is 56.2. The van der Waals surface area contributed by atoms with Crippen LogP contribution in [-0.4, -0.2) is 40.8 Å². The van der Waals surface area contributed by atoms with Crippen molar-refractivity contribution < 1.29 is 103 Å². The molecule has 14 aromatic carbocycles. The molecule has 1 N–H and O–H groups in total. The smallest absolute Gasteiger partial charge is 0.512 e. The first-order chi connectivity index (χ1) is 70.8. The van der Waals surface area contributed by atoms with E-state index >= 15 is 0 Å². The fourth-order valence-corrected chi connectivity index (χ4v) is 15.0. The van der Waals surface area contributed by atoms with E-state index in [0.29, 0.717) is 11.6 Å². The number of aliphatic hydroxyl groups is 1. The van der Waals surface area contributed by atoms with Gasteiger partial charge < -0.3 is 34.4 Å². The molecular formula is C132H114Ir4N6O3-5. The van der Waals surface area contributed by atoms with E-state index in [1.165, 1.54) is 68.4 Å². The molecule has 0 aliphatic rings. The van der Waals surface area contributed by atoms with Crippen molar-refractivity contribution in [3.8, 4) is 123 Å². The van der Waals surface area contributed by atoms with Crippen molar-refractivity contribution in [1.29, 1.82) is 0 Å². The van der Waals surface area contributed by atoms with E-state index in [2.05, 4.69) is 242 Å². The van der Waals surface area contributed by atoms with Crippen LogP contribution < -0.4 is 0 Å². The molecule has 0 aliphatic heterocycles. The molecule has 7 heterocycles. The van der Waals surface area contributed by atoms with E-state index < -0.39 is 19.1 Å². The van der Waals surface area contributed by atoms with Gasteiger partial charge >= 0.3 is 20.1 Å². The quantitative estimate of drug-likeness (QED) is 0.0643. The average Bonchev–Trinajstić information content (AvgIpc) is 1.61. The fraction of sp³-hybridized carbons (Fsp3) is 0.129. The first-order valence-electron chi connectivity index (χ1n) is 49.9. The molecule has 731 valence electrons. The standard InChI is InChI=1S/C27H26N.C23H14NO.C19H14.C18H14N.C12H10N.2C11H8N.C11H20O2.4Ir/c1-18(2)12-23-17-27(24-14-19(3)13-20(4)15-24)28-26-11-10-22(16-25(23)26)21-8-6-5-7-9-21;1-2-7-16(8-3-1)17-13-14-24-21(15-17)20-11-6-10-19-18-9-4-5-12-22(18)25-23(19)20;1-15-10-12-17(13-11-15)19-9-5-8-18(14-19)16-6-3-2-4-7-16;1-14-10-11-18(19-13-14)17-9-5-8-16(12-17)15-6-3-2-4-7-15;1-10-7-8-12(13-9-10)11-5-3-2-4-6-11;2*1-2-6-10(7-3-1)11-8-4-5-9-12-11;1-10(2,3)8(12)7-9(13)11(4,5)6;;;;/h5-11,13-14,16-18H,12H2,1-4H3;1-10,12-15H;2-6,9-14H,1H3;2-8,10-13H,1H3;2-5,7-9H,1H3;2*1-6,8-9H;7,12H,1-6H3;;;;/q2*-1;-2;4*-1;;;;;+3/i;;;2*1D3;;;;;;;. The van der Waals surface area contributed by atoms with Crippen LogP contribution in [-0.2, 0) is 91.6 Å². The molecular weight excluding hydrogens is 2490 g/mol. The minimum absolute atomic E-state index is 0. The van der Waals surface area contributed by atoms with Crippen molar-refractivity contribution in [3.63, 3.8) is 0 Å². The van der Waals surface area contributed by atoms with Gasteiger partial charge in [0.2, 0.25) is 0 Å². The van der Waals surface area contributed by atoms with Gasteiger partial charge in [-0.05, 0) is 154 Å². The molecule has 0 unspecified atom stereocenters. The fourth-order valence-electron chi connectivity index (χ4n) is 15.0. The van der Waals surface area contributed by atoms with Gasteiger partial charge in [-0.2, -0.15) is 42.5 Å². The van der Waals surface area contributed by atoms with E-state index in [-0.39, 0.29) is 109 Å². The molecule has 0 spiro atoms. The number of hydrogen-bond acceptors (Lipinski definition) is 9. The number of carbonyl (C=O) groups excluding carboxylic acids is 1. The maximum absolute atomic E-state index is 11.5. The van der Waals surface area contributed by atoms with Crippen LogP contribution in [0.15, 0.2) is 442 Å². The van der Waals surface area contributed by atoms with Crippen molar-refractivity contribution in [2.24, 2.45) is 16.7 Å². The third-order valence-corrected chi connectivity index (χ3v) is 22.5. The zero-order valence-corrected chi connectivity index (χ0v) is 92.1. The van der Waals surface area contributed by atoms with Gasteiger partial charge in [0.25, 0.3) is 0 Å². The molecule has 9 nitrogen and oxygen atoms in total. The first-order valence-corrected chi connectivity index (χ1v) is 46.9. The molecule has 13 heteroatoms. The third kappa shape index (κ3) is 33.5. The minimum atomic E-state index is -2.12. The van der Waals surface area contributed by atoms with Crippen LogP contribution in [0.1, 0.15) is 97.0 Å². The monoisotopic (exact) mass is 2610 g/mol. The number of ketones is 1. The predicted molar refractivity (Wildman–Crippen MR) is 584 cm³/mol. The Hall–Kier alpha value is -14.2. The molecule has 0 saturated carbocycles. The van der Waals surface area contributed by atoms with Gasteiger partial charge in [-0.15, -0.1) is 214 Å². The summed E-state index contributed by atoms with van der Waals surface area (Å²) in [6, 6.07) is 156. The number of aromatic nitrogens is 6. The number of benzene rings is 14. The summed E-state index contributed by atoms with van der Waals surface area (Å²) >= 11 is 0. The number of aryl methyl sites for hydroxylation is 5. The van der Waals surface area contributed by atoms with E-state index in [4.69, 9.17) is 17.6 Å². The molecule has 21 aromatic rings. The summed E-state index contributed by atoms with van der Waals surface area (Å²) < 4.78 is 50.0. The summed E-state index contributed by atoms with van der Waals surface area (Å²) in [6.45, 7) is 17.8. The van der Waals surface area contributed by atoms with Crippen LogP contribution in [0.3, 0.4) is 0 Å². The number of hydrogen-bond donors (Lipinski definition) is 1.